The monoisotopic (exact) mass is 351 g/mol. The number of nitrogens with zero attached hydrogens (tertiary/aromatic N) is 3. The van der Waals surface area contributed by atoms with Crippen LogP contribution >= 0.6 is 0 Å². The highest BCUT2D eigenvalue weighted by Crippen LogP contribution is 2.21. The fourth-order valence-electron chi connectivity index (χ4n) is 2.31. The standard InChI is InChI=1S/C19H21N5O2/c1-12-10-16(24-26-12)21-15-11-14(18(25)23-19(2,3)4)20-17(22-15)13-8-6-5-7-9-13/h5-11H,1-4H3,(H,23,25)(H,20,21,22,24). The molecule has 0 spiro atoms. The van der Waals surface area contributed by atoms with Gasteiger partial charge in [-0.25, -0.2) is 9.97 Å². The van der Waals surface area contributed by atoms with Gasteiger partial charge in [-0.1, -0.05) is 35.5 Å². The van der Waals surface area contributed by atoms with Gasteiger partial charge in [0, 0.05) is 23.2 Å². The van der Waals surface area contributed by atoms with Crippen molar-refractivity contribution in [3.05, 3.63) is 53.9 Å². The van der Waals surface area contributed by atoms with E-state index >= 15 is 0 Å². The SMILES string of the molecule is Cc1cc(Nc2cc(C(=O)NC(C)(C)C)nc(-c3ccccc3)n2)no1. The molecule has 7 nitrogen and oxygen atoms in total. The van der Waals surface area contributed by atoms with Gasteiger partial charge in [-0.2, -0.15) is 0 Å². The Hall–Kier alpha value is -3.22. The molecule has 0 saturated carbocycles. The summed E-state index contributed by atoms with van der Waals surface area (Å²) in [4.78, 5) is 21.5. The smallest absolute Gasteiger partial charge is 0.270 e. The van der Waals surface area contributed by atoms with E-state index < -0.39 is 0 Å². The van der Waals surface area contributed by atoms with Crippen molar-refractivity contribution in [2.24, 2.45) is 0 Å². The van der Waals surface area contributed by atoms with E-state index in [0.29, 0.717) is 23.2 Å². The number of carbonyl (C=O) groups is 1. The molecule has 0 aliphatic carbocycles. The molecule has 0 aliphatic rings. The van der Waals surface area contributed by atoms with Gasteiger partial charge in [0.1, 0.15) is 17.3 Å². The third-order valence-corrected chi connectivity index (χ3v) is 3.36. The number of nitrogens with one attached hydrogen (secondary N) is 2. The molecular formula is C19H21N5O2. The third-order valence-electron chi connectivity index (χ3n) is 3.36. The fraction of sp³-hybridized carbons (Fsp3) is 0.263. The average Bonchev–Trinajstić information content (AvgIpc) is 2.98. The van der Waals surface area contributed by atoms with Gasteiger partial charge in [0.25, 0.3) is 5.91 Å². The maximum atomic E-state index is 12.6. The molecule has 2 N–H and O–H groups in total. The van der Waals surface area contributed by atoms with Crippen LogP contribution in [0.2, 0.25) is 0 Å². The summed E-state index contributed by atoms with van der Waals surface area (Å²) < 4.78 is 5.06. The Kier molecular flexibility index (Phi) is 4.71. The van der Waals surface area contributed by atoms with E-state index in [-0.39, 0.29) is 17.1 Å². The van der Waals surface area contributed by atoms with Gasteiger partial charge in [0.15, 0.2) is 11.6 Å². The van der Waals surface area contributed by atoms with Gasteiger partial charge < -0.3 is 15.2 Å². The van der Waals surface area contributed by atoms with Crippen molar-refractivity contribution in [1.82, 2.24) is 20.4 Å². The Morgan fingerprint density at radius 3 is 2.38 bits per heavy atom. The molecule has 134 valence electrons. The van der Waals surface area contributed by atoms with Gasteiger partial charge >= 0.3 is 0 Å². The number of aromatic nitrogens is 3. The first kappa shape index (κ1) is 17.6. The highest BCUT2D eigenvalue weighted by atomic mass is 16.5. The van der Waals surface area contributed by atoms with Crippen molar-refractivity contribution in [3.8, 4) is 11.4 Å². The Labute approximate surface area is 151 Å². The number of amides is 1. The van der Waals surface area contributed by atoms with Crippen molar-refractivity contribution in [2.45, 2.75) is 33.2 Å². The number of anilines is 2. The Morgan fingerprint density at radius 1 is 1.04 bits per heavy atom. The van der Waals surface area contributed by atoms with E-state index in [1.807, 2.05) is 51.1 Å². The first-order chi connectivity index (χ1) is 12.3. The normalized spacial score (nSPS) is 11.2. The molecule has 26 heavy (non-hydrogen) atoms. The molecule has 0 atom stereocenters. The number of hydrogen-bond donors (Lipinski definition) is 2. The molecule has 3 aromatic rings. The molecule has 0 bridgehead atoms. The summed E-state index contributed by atoms with van der Waals surface area (Å²) in [6, 6.07) is 12.8. The molecule has 2 heterocycles. The molecule has 0 saturated heterocycles. The molecule has 2 aromatic heterocycles. The predicted molar refractivity (Wildman–Crippen MR) is 99.2 cm³/mol. The lowest BCUT2D eigenvalue weighted by molar-refractivity contribution is 0.0914. The van der Waals surface area contributed by atoms with E-state index in [1.54, 1.807) is 19.1 Å². The van der Waals surface area contributed by atoms with Crippen LogP contribution in [0.1, 0.15) is 37.0 Å². The summed E-state index contributed by atoms with van der Waals surface area (Å²) in [7, 11) is 0. The van der Waals surface area contributed by atoms with Gasteiger partial charge in [-0.15, -0.1) is 0 Å². The molecule has 1 amide bonds. The second-order valence-electron chi connectivity index (χ2n) is 6.98. The summed E-state index contributed by atoms with van der Waals surface area (Å²) in [5, 5.41) is 9.88. The lowest BCUT2D eigenvalue weighted by atomic mass is 10.1. The summed E-state index contributed by atoms with van der Waals surface area (Å²) in [6.07, 6.45) is 0. The van der Waals surface area contributed by atoms with Crippen LogP contribution in [-0.2, 0) is 0 Å². The minimum absolute atomic E-state index is 0.267. The minimum atomic E-state index is -0.369. The molecule has 0 unspecified atom stereocenters. The average molecular weight is 351 g/mol. The largest absolute Gasteiger partial charge is 0.360 e. The molecule has 3 rings (SSSR count). The third kappa shape index (κ3) is 4.44. The van der Waals surface area contributed by atoms with Crippen LogP contribution in [0.3, 0.4) is 0 Å². The summed E-state index contributed by atoms with van der Waals surface area (Å²) >= 11 is 0. The number of aryl methyl sites for hydroxylation is 1. The molecule has 7 heteroatoms. The highest BCUT2D eigenvalue weighted by molar-refractivity contribution is 5.94. The van der Waals surface area contributed by atoms with Crippen LogP contribution in [0.25, 0.3) is 11.4 Å². The van der Waals surface area contributed by atoms with E-state index in [4.69, 9.17) is 4.52 Å². The van der Waals surface area contributed by atoms with Crippen LogP contribution in [0, 0.1) is 6.92 Å². The van der Waals surface area contributed by atoms with E-state index in [9.17, 15) is 4.79 Å². The number of hydrogen-bond acceptors (Lipinski definition) is 6. The van der Waals surface area contributed by atoms with Crippen LogP contribution in [0.15, 0.2) is 47.0 Å². The number of rotatable bonds is 4. The quantitative estimate of drug-likeness (QED) is 0.744. The Morgan fingerprint density at radius 2 is 1.77 bits per heavy atom. The van der Waals surface area contributed by atoms with Gasteiger partial charge in [-0.05, 0) is 27.7 Å². The maximum Gasteiger partial charge on any atom is 0.270 e. The van der Waals surface area contributed by atoms with Gasteiger partial charge in [-0.3, -0.25) is 4.79 Å². The maximum absolute atomic E-state index is 12.6. The molecule has 0 radical (unpaired) electrons. The minimum Gasteiger partial charge on any atom is -0.360 e. The summed E-state index contributed by atoms with van der Waals surface area (Å²) in [5.74, 6) is 1.84. The second-order valence-corrected chi connectivity index (χ2v) is 6.98. The number of carbonyl (C=O) groups excluding carboxylic acids is 1. The van der Waals surface area contributed by atoms with Crippen molar-refractivity contribution >= 4 is 17.5 Å². The van der Waals surface area contributed by atoms with Crippen molar-refractivity contribution < 1.29 is 9.32 Å². The molecule has 0 fully saturated rings. The zero-order chi connectivity index (χ0) is 18.7. The van der Waals surface area contributed by atoms with Gasteiger partial charge in [0.2, 0.25) is 0 Å². The first-order valence-corrected chi connectivity index (χ1v) is 8.27. The van der Waals surface area contributed by atoms with Crippen molar-refractivity contribution in [2.75, 3.05) is 5.32 Å². The van der Waals surface area contributed by atoms with E-state index in [1.165, 1.54) is 0 Å². The topological polar surface area (TPSA) is 92.9 Å². The Balaban J connectivity index is 2.00. The Bertz CT molecular complexity index is 913. The highest BCUT2D eigenvalue weighted by Gasteiger charge is 2.19. The zero-order valence-electron chi connectivity index (χ0n) is 15.2. The van der Waals surface area contributed by atoms with Crippen molar-refractivity contribution in [1.29, 1.82) is 0 Å². The van der Waals surface area contributed by atoms with Gasteiger partial charge in [0.05, 0.1) is 0 Å². The predicted octanol–water partition coefficient (Wildman–Crippen LogP) is 3.71. The lowest BCUT2D eigenvalue weighted by Crippen LogP contribution is -2.41. The molecular weight excluding hydrogens is 330 g/mol. The van der Waals surface area contributed by atoms with Crippen LogP contribution in [0.5, 0.6) is 0 Å². The van der Waals surface area contributed by atoms with E-state index in [2.05, 4.69) is 25.8 Å². The second kappa shape index (κ2) is 6.95. The zero-order valence-corrected chi connectivity index (χ0v) is 15.2. The summed E-state index contributed by atoms with van der Waals surface area (Å²) in [5.41, 5.74) is 0.722. The van der Waals surface area contributed by atoms with E-state index in [0.717, 1.165) is 5.56 Å². The van der Waals surface area contributed by atoms with Crippen molar-refractivity contribution in [3.63, 3.8) is 0 Å². The van der Waals surface area contributed by atoms with Crippen LogP contribution < -0.4 is 10.6 Å². The van der Waals surface area contributed by atoms with Crippen LogP contribution in [-0.4, -0.2) is 26.6 Å². The summed E-state index contributed by atoms with van der Waals surface area (Å²) in [6.45, 7) is 7.56. The lowest BCUT2D eigenvalue weighted by Gasteiger charge is -2.20. The fourth-order valence-corrected chi connectivity index (χ4v) is 2.31. The number of benzene rings is 1. The first-order valence-electron chi connectivity index (χ1n) is 8.27. The molecule has 0 aliphatic heterocycles. The molecule has 1 aromatic carbocycles. The van der Waals surface area contributed by atoms with Crippen LogP contribution in [0.4, 0.5) is 11.6 Å².